The van der Waals surface area contributed by atoms with Gasteiger partial charge in [0.15, 0.2) is 0 Å². The fraction of sp³-hybridized carbons (Fsp3) is 0. The summed E-state index contributed by atoms with van der Waals surface area (Å²) in [7, 11) is 0. The Morgan fingerprint density at radius 2 is 1.93 bits per heavy atom. The van der Waals surface area contributed by atoms with Crippen molar-refractivity contribution in [2.24, 2.45) is 0 Å². The first kappa shape index (κ1) is 7.17. The molecule has 1 aromatic carbocycles. The number of aromatic nitrogens is 3. The normalized spacial score (nSPS) is 12.0. The summed E-state index contributed by atoms with van der Waals surface area (Å²) in [5, 5.41) is 1.23. The van der Waals surface area contributed by atoms with Crippen molar-refractivity contribution in [2.45, 2.75) is 0 Å². The summed E-state index contributed by atoms with van der Waals surface area (Å²) in [4.78, 5) is 8.77. The van der Waals surface area contributed by atoms with Crippen molar-refractivity contribution in [1.82, 2.24) is 14.4 Å². The molecule has 0 radical (unpaired) electrons. The molecule has 3 nitrogen and oxygen atoms in total. The maximum atomic E-state index is 4.41. The molecule has 2 aromatic rings. The molecule has 0 spiro atoms. The first-order valence-electron chi connectivity index (χ1n) is 4.86. The zero-order valence-electron chi connectivity index (χ0n) is 7.88. The molecule has 0 bridgehead atoms. The van der Waals surface area contributed by atoms with Gasteiger partial charge in [-0.05, 0) is 17.5 Å². The lowest BCUT2D eigenvalue weighted by molar-refractivity contribution is 1.16. The second-order valence-corrected chi connectivity index (χ2v) is 3.70. The van der Waals surface area contributed by atoms with Gasteiger partial charge in [0.1, 0.15) is 0 Å². The van der Waals surface area contributed by atoms with Gasteiger partial charge >= 0.3 is 0 Å². The average Bonchev–Trinajstić information content (AvgIpc) is 2.78. The summed E-state index contributed by atoms with van der Waals surface area (Å²) < 4.78 is 2.03. The van der Waals surface area contributed by atoms with Crippen LogP contribution in [0.15, 0.2) is 43.0 Å². The smallest absolute Gasteiger partial charge is 0.1000 e. The van der Waals surface area contributed by atoms with Crippen LogP contribution >= 0.6 is 0 Å². The number of benzene rings is 1. The maximum absolute atomic E-state index is 4.41. The highest BCUT2D eigenvalue weighted by Crippen LogP contribution is 2.34. The predicted octanol–water partition coefficient (Wildman–Crippen LogP) is 2.43. The average molecular weight is 193 g/mol. The van der Waals surface area contributed by atoms with Crippen LogP contribution in [0.3, 0.4) is 0 Å². The molecule has 2 heterocycles. The van der Waals surface area contributed by atoms with E-state index in [0.717, 1.165) is 16.7 Å². The Hall–Kier alpha value is -2.16. The molecule has 70 valence electrons. The molecule has 1 aliphatic carbocycles. The minimum absolute atomic E-state index is 1.02. The molecule has 0 N–H and O–H groups in total. The van der Waals surface area contributed by atoms with Crippen molar-refractivity contribution in [3.8, 4) is 11.3 Å². The summed E-state index contributed by atoms with van der Waals surface area (Å²) in [5.74, 6) is 0. The van der Waals surface area contributed by atoms with E-state index in [1.54, 1.807) is 0 Å². The molecule has 0 saturated heterocycles. The first-order valence-corrected chi connectivity index (χ1v) is 4.86. The van der Waals surface area contributed by atoms with E-state index in [4.69, 9.17) is 0 Å². The summed E-state index contributed by atoms with van der Waals surface area (Å²) in [6.45, 7) is 0. The zero-order valence-corrected chi connectivity index (χ0v) is 7.88. The molecule has 0 atom stereocenters. The van der Waals surface area contributed by atoms with E-state index in [1.165, 1.54) is 10.9 Å². The van der Waals surface area contributed by atoms with Crippen LogP contribution in [-0.4, -0.2) is 14.4 Å². The molecule has 2 aliphatic rings. The molecule has 1 aromatic heterocycles. The van der Waals surface area contributed by atoms with Crippen molar-refractivity contribution in [1.29, 1.82) is 0 Å². The van der Waals surface area contributed by atoms with Crippen LogP contribution in [-0.2, 0) is 0 Å². The van der Waals surface area contributed by atoms with Crippen LogP contribution in [0.2, 0.25) is 0 Å². The van der Waals surface area contributed by atoms with Crippen molar-refractivity contribution >= 4 is 16.4 Å². The van der Waals surface area contributed by atoms with Crippen molar-refractivity contribution < 1.29 is 0 Å². The summed E-state index contributed by atoms with van der Waals surface area (Å²) in [5.41, 5.74) is 4.42. The van der Waals surface area contributed by atoms with Gasteiger partial charge in [-0.2, -0.15) is 0 Å². The van der Waals surface area contributed by atoms with Gasteiger partial charge in [0.2, 0.25) is 0 Å². The van der Waals surface area contributed by atoms with Crippen LogP contribution in [0.1, 0.15) is 0 Å². The van der Waals surface area contributed by atoms with E-state index in [0.29, 0.717) is 0 Å². The van der Waals surface area contributed by atoms with Crippen LogP contribution < -0.4 is 0 Å². The fourth-order valence-corrected chi connectivity index (χ4v) is 2.21. The minimum Gasteiger partial charge on any atom is -0.303 e. The van der Waals surface area contributed by atoms with Gasteiger partial charge in [0, 0.05) is 18.0 Å². The molecule has 0 amide bonds. The maximum Gasteiger partial charge on any atom is 0.1000 e. The number of nitrogens with zero attached hydrogens (tertiary/aromatic N) is 3. The van der Waals surface area contributed by atoms with Crippen molar-refractivity contribution in [3.05, 3.63) is 43.0 Å². The molecule has 0 fully saturated rings. The lowest BCUT2D eigenvalue weighted by atomic mass is 10.1. The number of imidazole rings is 1. The molecule has 0 unspecified atom stereocenters. The quantitative estimate of drug-likeness (QED) is 0.429. The Morgan fingerprint density at radius 3 is 2.93 bits per heavy atom. The zero-order chi connectivity index (χ0) is 9.83. The number of hydrogen-bond donors (Lipinski definition) is 0. The van der Waals surface area contributed by atoms with E-state index >= 15 is 0 Å². The van der Waals surface area contributed by atoms with Crippen LogP contribution in [0.25, 0.3) is 27.7 Å². The van der Waals surface area contributed by atoms with E-state index in [1.807, 2.05) is 23.1 Å². The highest BCUT2D eigenvalue weighted by atomic mass is 15.0. The Kier molecular flexibility index (Phi) is 1.08. The number of rotatable bonds is 0. The summed E-state index contributed by atoms with van der Waals surface area (Å²) in [6.07, 6.45) is 5.59. The van der Waals surface area contributed by atoms with Gasteiger partial charge in [-0.15, -0.1) is 0 Å². The minimum atomic E-state index is 1.02. The van der Waals surface area contributed by atoms with Gasteiger partial charge in [-0.3, -0.25) is 4.98 Å². The molecular formula is C12H7N3. The Labute approximate surface area is 85.7 Å². The molecule has 0 saturated carbocycles. The van der Waals surface area contributed by atoms with Gasteiger partial charge in [0.25, 0.3) is 0 Å². The summed E-state index contributed by atoms with van der Waals surface area (Å²) >= 11 is 0. The van der Waals surface area contributed by atoms with Gasteiger partial charge in [0.05, 0.1) is 23.1 Å². The monoisotopic (exact) mass is 193 g/mol. The lowest BCUT2D eigenvalue weighted by Crippen LogP contribution is -1.80. The molecule has 1 aliphatic heterocycles. The standard InChI is InChI=1S/C12H7N3/c1-3-9-11-8(1)2-4-10-12(11)15(7-14-10)6-5-13-9/h1-7H. The Bertz CT molecular complexity index is 726. The molecule has 4 rings (SSSR count). The molecule has 15 heavy (non-hydrogen) atoms. The van der Waals surface area contributed by atoms with Gasteiger partial charge < -0.3 is 4.40 Å². The fourth-order valence-electron chi connectivity index (χ4n) is 2.21. The Balaban J connectivity index is 2.47. The number of hydrogen-bond acceptors (Lipinski definition) is 2. The molecular weight excluding hydrogens is 186 g/mol. The van der Waals surface area contributed by atoms with Gasteiger partial charge in [-0.25, -0.2) is 4.98 Å². The SMILES string of the molecule is c1cn2cnc3ccc4ccc(n1)-c4c32. The van der Waals surface area contributed by atoms with E-state index < -0.39 is 0 Å². The van der Waals surface area contributed by atoms with Crippen LogP contribution in [0.4, 0.5) is 0 Å². The summed E-state index contributed by atoms with van der Waals surface area (Å²) in [6, 6.07) is 8.30. The first-order chi connectivity index (χ1) is 7.43. The van der Waals surface area contributed by atoms with Crippen LogP contribution in [0.5, 0.6) is 0 Å². The third kappa shape index (κ3) is 0.760. The highest BCUT2D eigenvalue weighted by molar-refractivity contribution is 6.03. The van der Waals surface area contributed by atoms with E-state index in [2.05, 4.69) is 34.2 Å². The van der Waals surface area contributed by atoms with Gasteiger partial charge in [-0.1, -0.05) is 12.1 Å². The molecule has 3 heteroatoms. The largest absolute Gasteiger partial charge is 0.303 e. The third-order valence-corrected chi connectivity index (χ3v) is 2.89. The predicted molar refractivity (Wildman–Crippen MR) is 58.3 cm³/mol. The lowest BCUT2D eigenvalue weighted by Gasteiger charge is -1.98. The van der Waals surface area contributed by atoms with E-state index in [-0.39, 0.29) is 0 Å². The third-order valence-electron chi connectivity index (χ3n) is 2.89. The van der Waals surface area contributed by atoms with Crippen molar-refractivity contribution in [3.63, 3.8) is 0 Å². The highest BCUT2D eigenvalue weighted by Gasteiger charge is 2.14. The van der Waals surface area contributed by atoms with Crippen molar-refractivity contribution in [2.75, 3.05) is 0 Å². The Morgan fingerprint density at radius 1 is 1.00 bits per heavy atom. The second-order valence-electron chi connectivity index (χ2n) is 3.70. The second kappa shape index (κ2) is 2.25. The van der Waals surface area contributed by atoms with E-state index in [9.17, 15) is 0 Å². The topological polar surface area (TPSA) is 30.2 Å². The van der Waals surface area contributed by atoms with Crippen LogP contribution in [0, 0.1) is 0 Å².